The summed E-state index contributed by atoms with van der Waals surface area (Å²) in [6.45, 7) is 4.76. The van der Waals surface area contributed by atoms with Gasteiger partial charge in [-0.3, -0.25) is 4.79 Å². The number of carbonyl (C=O) groups excluding carboxylic acids is 1. The number of hydrogen-bond acceptors (Lipinski definition) is 2. The van der Waals surface area contributed by atoms with Gasteiger partial charge in [0.15, 0.2) is 0 Å². The summed E-state index contributed by atoms with van der Waals surface area (Å²) in [5.41, 5.74) is 6.87. The summed E-state index contributed by atoms with van der Waals surface area (Å²) in [6.07, 6.45) is 6.44. The SMILES string of the molecule is C=CCN(C(=O)C(CN)c1ccccc1)C1CCCC1. The van der Waals surface area contributed by atoms with Crippen LogP contribution in [-0.2, 0) is 4.79 Å². The maximum Gasteiger partial charge on any atom is 0.231 e. The van der Waals surface area contributed by atoms with Gasteiger partial charge in [-0.2, -0.15) is 0 Å². The van der Waals surface area contributed by atoms with Crippen molar-refractivity contribution >= 4 is 5.91 Å². The van der Waals surface area contributed by atoms with Crippen molar-refractivity contribution < 1.29 is 4.79 Å². The van der Waals surface area contributed by atoms with Crippen LogP contribution in [0.4, 0.5) is 0 Å². The topological polar surface area (TPSA) is 46.3 Å². The van der Waals surface area contributed by atoms with Crippen LogP contribution in [0.15, 0.2) is 43.0 Å². The van der Waals surface area contributed by atoms with Crippen LogP contribution in [-0.4, -0.2) is 29.9 Å². The Kier molecular flexibility index (Phi) is 5.36. The second kappa shape index (κ2) is 7.25. The molecule has 1 unspecified atom stereocenters. The van der Waals surface area contributed by atoms with Gasteiger partial charge in [0.1, 0.15) is 0 Å². The van der Waals surface area contributed by atoms with E-state index in [1.807, 2.05) is 41.3 Å². The second-order valence-corrected chi connectivity index (χ2v) is 5.42. The van der Waals surface area contributed by atoms with Gasteiger partial charge in [-0.05, 0) is 18.4 Å². The minimum atomic E-state index is -0.239. The van der Waals surface area contributed by atoms with Gasteiger partial charge in [0, 0.05) is 19.1 Å². The molecular formula is C17H24N2O. The molecule has 2 rings (SSSR count). The molecule has 2 N–H and O–H groups in total. The van der Waals surface area contributed by atoms with Crippen molar-refractivity contribution in [3.63, 3.8) is 0 Å². The lowest BCUT2D eigenvalue weighted by molar-refractivity contribution is -0.134. The molecule has 1 aromatic carbocycles. The van der Waals surface area contributed by atoms with Crippen LogP contribution in [0.5, 0.6) is 0 Å². The zero-order chi connectivity index (χ0) is 14.4. The Morgan fingerprint density at radius 3 is 2.55 bits per heavy atom. The minimum Gasteiger partial charge on any atom is -0.335 e. The Balaban J connectivity index is 2.18. The molecule has 0 radical (unpaired) electrons. The van der Waals surface area contributed by atoms with E-state index in [4.69, 9.17) is 5.73 Å². The predicted molar refractivity (Wildman–Crippen MR) is 82.4 cm³/mol. The van der Waals surface area contributed by atoms with Gasteiger partial charge in [-0.25, -0.2) is 0 Å². The smallest absolute Gasteiger partial charge is 0.231 e. The fourth-order valence-corrected chi connectivity index (χ4v) is 3.04. The van der Waals surface area contributed by atoms with Crippen LogP contribution in [0.2, 0.25) is 0 Å². The van der Waals surface area contributed by atoms with Crippen molar-refractivity contribution in [3.8, 4) is 0 Å². The molecule has 1 aromatic rings. The van der Waals surface area contributed by atoms with E-state index in [1.54, 1.807) is 0 Å². The molecule has 0 spiro atoms. The Morgan fingerprint density at radius 1 is 1.35 bits per heavy atom. The molecule has 108 valence electrons. The number of rotatable bonds is 6. The van der Waals surface area contributed by atoms with Crippen LogP contribution >= 0.6 is 0 Å². The van der Waals surface area contributed by atoms with Crippen LogP contribution in [0.1, 0.15) is 37.2 Å². The maximum atomic E-state index is 12.9. The van der Waals surface area contributed by atoms with Crippen molar-refractivity contribution in [1.82, 2.24) is 4.90 Å². The monoisotopic (exact) mass is 272 g/mol. The molecule has 1 aliphatic carbocycles. The van der Waals surface area contributed by atoms with E-state index in [-0.39, 0.29) is 11.8 Å². The molecule has 0 aliphatic heterocycles. The van der Waals surface area contributed by atoms with E-state index < -0.39 is 0 Å². The first-order valence-corrected chi connectivity index (χ1v) is 7.44. The fraction of sp³-hybridized carbons (Fsp3) is 0.471. The maximum absolute atomic E-state index is 12.9. The van der Waals surface area contributed by atoms with E-state index >= 15 is 0 Å². The normalized spacial score (nSPS) is 16.9. The highest BCUT2D eigenvalue weighted by Gasteiger charge is 2.30. The summed E-state index contributed by atoms with van der Waals surface area (Å²) < 4.78 is 0. The molecule has 1 amide bonds. The van der Waals surface area contributed by atoms with Crippen LogP contribution in [0.25, 0.3) is 0 Å². The molecule has 0 saturated heterocycles. The summed E-state index contributed by atoms with van der Waals surface area (Å²) in [7, 11) is 0. The standard InChI is InChI=1S/C17H24N2O/c1-2-12-19(15-10-6-7-11-15)17(20)16(13-18)14-8-4-3-5-9-14/h2-5,8-9,15-16H,1,6-7,10-13,18H2. The number of amides is 1. The van der Waals surface area contributed by atoms with Crippen molar-refractivity contribution in [3.05, 3.63) is 48.6 Å². The zero-order valence-corrected chi connectivity index (χ0v) is 12.0. The highest BCUT2D eigenvalue weighted by molar-refractivity contribution is 5.84. The van der Waals surface area contributed by atoms with Crippen molar-refractivity contribution in [2.75, 3.05) is 13.1 Å². The molecule has 1 fully saturated rings. The van der Waals surface area contributed by atoms with Crippen molar-refractivity contribution in [2.45, 2.75) is 37.6 Å². The third-order valence-electron chi connectivity index (χ3n) is 4.11. The summed E-state index contributed by atoms with van der Waals surface area (Å²) >= 11 is 0. The van der Waals surface area contributed by atoms with E-state index in [2.05, 4.69) is 6.58 Å². The third kappa shape index (κ3) is 3.28. The van der Waals surface area contributed by atoms with Gasteiger partial charge in [0.25, 0.3) is 0 Å². The number of hydrogen-bond donors (Lipinski definition) is 1. The Hall–Kier alpha value is -1.61. The number of carbonyl (C=O) groups is 1. The molecule has 3 nitrogen and oxygen atoms in total. The number of nitrogens with zero attached hydrogens (tertiary/aromatic N) is 1. The first-order valence-electron chi connectivity index (χ1n) is 7.44. The van der Waals surface area contributed by atoms with Gasteiger partial charge in [-0.15, -0.1) is 6.58 Å². The quantitative estimate of drug-likeness (QED) is 0.809. The van der Waals surface area contributed by atoms with E-state index in [0.717, 1.165) is 18.4 Å². The van der Waals surface area contributed by atoms with Crippen molar-refractivity contribution in [2.24, 2.45) is 5.73 Å². The summed E-state index contributed by atoms with van der Waals surface area (Å²) in [5, 5.41) is 0. The first-order chi connectivity index (χ1) is 9.77. The van der Waals surface area contributed by atoms with E-state index in [1.165, 1.54) is 12.8 Å². The van der Waals surface area contributed by atoms with E-state index in [0.29, 0.717) is 19.1 Å². The lowest BCUT2D eigenvalue weighted by Gasteiger charge is -2.31. The molecule has 0 bridgehead atoms. The number of nitrogens with two attached hydrogens (primary N) is 1. The molecule has 1 atom stereocenters. The van der Waals surface area contributed by atoms with Gasteiger partial charge < -0.3 is 10.6 Å². The Labute approximate surface area is 121 Å². The molecule has 1 aliphatic rings. The predicted octanol–water partition coefficient (Wildman–Crippen LogP) is 2.69. The minimum absolute atomic E-state index is 0.144. The fourth-order valence-electron chi connectivity index (χ4n) is 3.04. The van der Waals surface area contributed by atoms with Gasteiger partial charge >= 0.3 is 0 Å². The summed E-state index contributed by atoms with van der Waals surface area (Å²) in [6, 6.07) is 10.2. The Bertz CT molecular complexity index is 438. The molecule has 3 heteroatoms. The lowest BCUT2D eigenvalue weighted by Crippen LogP contribution is -2.43. The molecule has 1 saturated carbocycles. The highest BCUT2D eigenvalue weighted by Crippen LogP contribution is 2.27. The molecule has 20 heavy (non-hydrogen) atoms. The zero-order valence-electron chi connectivity index (χ0n) is 12.0. The highest BCUT2D eigenvalue weighted by atomic mass is 16.2. The average molecular weight is 272 g/mol. The number of benzene rings is 1. The summed E-state index contributed by atoms with van der Waals surface area (Å²) in [4.78, 5) is 14.8. The average Bonchev–Trinajstić information content (AvgIpc) is 3.00. The Morgan fingerprint density at radius 2 is 2.00 bits per heavy atom. The lowest BCUT2D eigenvalue weighted by atomic mass is 9.96. The van der Waals surface area contributed by atoms with Crippen LogP contribution in [0, 0.1) is 0 Å². The van der Waals surface area contributed by atoms with Crippen molar-refractivity contribution in [1.29, 1.82) is 0 Å². The molecular weight excluding hydrogens is 248 g/mol. The van der Waals surface area contributed by atoms with Crippen LogP contribution in [0.3, 0.4) is 0 Å². The first kappa shape index (κ1) is 14.8. The molecule has 0 aromatic heterocycles. The molecule has 0 heterocycles. The van der Waals surface area contributed by atoms with Gasteiger partial charge in [0.2, 0.25) is 5.91 Å². The third-order valence-corrected chi connectivity index (χ3v) is 4.11. The van der Waals surface area contributed by atoms with Crippen LogP contribution < -0.4 is 5.73 Å². The second-order valence-electron chi connectivity index (χ2n) is 5.42. The largest absolute Gasteiger partial charge is 0.335 e. The van der Waals surface area contributed by atoms with E-state index in [9.17, 15) is 4.79 Å². The van der Waals surface area contributed by atoms with Gasteiger partial charge in [0.05, 0.1) is 5.92 Å². The van der Waals surface area contributed by atoms with Gasteiger partial charge in [-0.1, -0.05) is 49.2 Å². The summed E-state index contributed by atoms with van der Waals surface area (Å²) in [5.74, 6) is -0.0951.